The number of benzene rings is 1. The number of halogens is 1. The summed E-state index contributed by atoms with van der Waals surface area (Å²) in [4.78, 5) is 10.8. The van der Waals surface area contributed by atoms with Gasteiger partial charge >= 0.3 is 0 Å². The molecule has 0 bridgehead atoms. The number of unbranched alkanes of at least 4 members (excludes halogenated alkanes) is 1. The van der Waals surface area contributed by atoms with Crippen molar-refractivity contribution in [2.75, 3.05) is 30.4 Å². The highest BCUT2D eigenvalue weighted by Crippen LogP contribution is 2.11. The molecule has 4 nitrogen and oxygen atoms in total. The molecule has 1 aromatic heterocycles. The summed E-state index contributed by atoms with van der Waals surface area (Å²) in [6, 6.07) is 8.68. The van der Waals surface area contributed by atoms with E-state index < -0.39 is 0 Å². The predicted octanol–water partition coefficient (Wildman–Crippen LogP) is 3.51. The van der Waals surface area contributed by atoms with Crippen LogP contribution in [0.1, 0.15) is 25.3 Å². The van der Waals surface area contributed by atoms with Crippen LogP contribution in [0.4, 0.5) is 16.2 Å². The lowest BCUT2D eigenvalue weighted by atomic mass is 10.1. The van der Waals surface area contributed by atoms with Crippen LogP contribution in [0.15, 0.2) is 36.5 Å². The van der Waals surface area contributed by atoms with E-state index in [4.69, 9.17) is 0 Å². The summed E-state index contributed by atoms with van der Waals surface area (Å²) in [5.74, 6) is 1.32. The number of anilines is 2. The largest absolute Gasteiger partial charge is 0.370 e. The van der Waals surface area contributed by atoms with Crippen molar-refractivity contribution >= 4 is 11.8 Å². The van der Waals surface area contributed by atoms with E-state index in [2.05, 4.69) is 22.2 Å². The quantitative estimate of drug-likeness (QED) is 0.810. The maximum atomic E-state index is 13.5. The maximum absolute atomic E-state index is 13.5. The van der Waals surface area contributed by atoms with Crippen LogP contribution in [-0.2, 0) is 6.42 Å². The molecule has 0 aliphatic carbocycles. The molecule has 5 heteroatoms. The number of aromatic nitrogens is 2. The second-order valence-corrected chi connectivity index (χ2v) is 5.29. The van der Waals surface area contributed by atoms with Crippen molar-refractivity contribution < 1.29 is 4.39 Å². The Labute approximate surface area is 131 Å². The first-order chi connectivity index (χ1) is 10.7. The number of hydrogen-bond acceptors (Lipinski definition) is 4. The Morgan fingerprint density at radius 2 is 2.05 bits per heavy atom. The van der Waals surface area contributed by atoms with E-state index in [0.29, 0.717) is 24.5 Å². The van der Waals surface area contributed by atoms with Crippen LogP contribution >= 0.6 is 0 Å². The molecule has 0 spiro atoms. The molecule has 0 radical (unpaired) electrons. The Hall–Kier alpha value is -2.17. The van der Waals surface area contributed by atoms with Gasteiger partial charge in [0.15, 0.2) is 0 Å². The van der Waals surface area contributed by atoms with Gasteiger partial charge in [-0.25, -0.2) is 9.37 Å². The molecule has 0 atom stereocenters. The first-order valence-electron chi connectivity index (χ1n) is 7.72. The Bertz CT molecular complexity index is 588. The summed E-state index contributed by atoms with van der Waals surface area (Å²) >= 11 is 0. The Kier molecular flexibility index (Phi) is 6.13. The summed E-state index contributed by atoms with van der Waals surface area (Å²) in [6.07, 6.45) is 4.63. The van der Waals surface area contributed by atoms with E-state index in [1.54, 1.807) is 18.3 Å². The van der Waals surface area contributed by atoms with Crippen molar-refractivity contribution in [1.82, 2.24) is 9.97 Å². The van der Waals surface area contributed by atoms with Crippen LogP contribution in [-0.4, -0.2) is 30.1 Å². The summed E-state index contributed by atoms with van der Waals surface area (Å²) in [7, 11) is 1.99. The van der Waals surface area contributed by atoms with Crippen LogP contribution in [0.25, 0.3) is 0 Å². The molecule has 0 fully saturated rings. The minimum absolute atomic E-state index is 0.160. The van der Waals surface area contributed by atoms with Crippen molar-refractivity contribution in [3.05, 3.63) is 47.9 Å². The SMILES string of the molecule is CCCCN(C)c1nccc(NCCc2ccccc2F)n1. The Morgan fingerprint density at radius 3 is 2.82 bits per heavy atom. The molecule has 118 valence electrons. The van der Waals surface area contributed by atoms with Crippen LogP contribution in [0.3, 0.4) is 0 Å². The second kappa shape index (κ2) is 8.32. The van der Waals surface area contributed by atoms with Crippen molar-refractivity contribution in [1.29, 1.82) is 0 Å². The third kappa shape index (κ3) is 4.69. The van der Waals surface area contributed by atoms with E-state index in [9.17, 15) is 4.39 Å². The van der Waals surface area contributed by atoms with Gasteiger partial charge in [-0.15, -0.1) is 0 Å². The van der Waals surface area contributed by atoms with E-state index in [-0.39, 0.29) is 5.82 Å². The third-order valence-electron chi connectivity index (χ3n) is 3.49. The van der Waals surface area contributed by atoms with Crippen molar-refractivity contribution in [3.8, 4) is 0 Å². The van der Waals surface area contributed by atoms with Gasteiger partial charge in [-0.3, -0.25) is 0 Å². The van der Waals surface area contributed by atoms with Gasteiger partial charge in [0.05, 0.1) is 0 Å². The van der Waals surface area contributed by atoms with Crippen molar-refractivity contribution in [2.45, 2.75) is 26.2 Å². The van der Waals surface area contributed by atoms with Crippen molar-refractivity contribution in [3.63, 3.8) is 0 Å². The molecule has 1 N–H and O–H groups in total. The van der Waals surface area contributed by atoms with Gasteiger partial charge in [0.2, 0.25) is 5.95 Å². The Balaban J connectivity index is 1.89. The van der Waals surface area contributed by atoms with Gasteiger partial charge in [0, 0.05) is 26.3 Å². The highest BCUT2D eigenvalue weighted by Gasteiger charge is 2.05. The fourth-order valence-corrected chi connectivity index (χ4v) is 2.15. The average molecular weight is 302 g/mol. The van der Waals surface area contributed by atoms with E-state index in [1.807, 2.05) is 24.1 Å². The zero-order valence-electron chi connectivity index (χ0n) is 13.2. The average Bonchev–Trinajstić information content (AvgIpc) is 2.54. The molecular weight excluding hydrogens is 279 g/mol. The summed E-state index contributed by atoms with van der Waals surface area (Å²) < 4.78 is 13.5. The zero-order chi connectivity index (χ0) is 15.8. The highest BCUT2D eigenvalue weighted by atomic mass is 19.1. The molecule has 1 aromatic carbocycles. The van der Waals surface area contributed by atoms with Gasteiger partial charge in [-0.2, -0.15) is 4.98 Å². The lowest BCUT2D eigenvalue weighted by Crippen LogP contribution is -2.21. The molecule has 2 rings (SSSR count). The lowest BCUT2D eigenvalue weighted by molar-refractivity contribution is 0.610. The fourth-order valence-electron chi connectivity index (χ4n) is 2.15. The molecule has 0 saturated heterocycles. The number of rotatable bonds is 8. The topological polar surface area (TPSA) is 41.1 Å². The minimum Gasteiger partial charge on any atom is -0.370 e. The van der Waals surface area contributed by atoms with Crippen LogP contribution in [0.5, 0.6) is 0 Å². The van der Waals surface area contributed by atoms with E-state index in [1.165, 1.54) is 6.07 Å². The molecule has 0 aliphatic heterocycles. The van der Waals surface area contributed by atoms with Gasteiger partial charge in [-0.1, -0.05) is 31.5 Å². The van der Waals surface area contributed by atoms with Crippen LogP contribution in [0, 0.1) is 5.82 Å². The zero-order valence-corrected chi connectivity index (χ0v) is 13.2. The molecule has 2 aromatic rings. The summed E-state index contributed by atoms with van der Waals surface area (Å²) in [5, 5.41) is 3.23. The first kappa shape index (κ1) is 16.2. The van der Waals surface area contributed by atoms with Crippen molar-refractivity contribution in [2.24, 2.45) is 0 Å². The third-order valence-corrected chi connectivity index (χ3v) is 3.49. The monoisotopic (exact) mass is 302 g/mol. The van der Waals surface area contributed by atoms with Gasteiger partial charge in [-0.05, 0) is 30.5 Å². The van der Waals surface area contributed by atoms with E-state index in [0.717, 1.165) is 25.2 Å². The van der Waals surface area contributed by atoms with Crippen LogP contribution in [0.2, 0.25) is 0 Å². The van der Waals surface area contributed by atoms with Gasteiger partial charge in [0.1, 0.15) is 11.6 Å². The number of hydrogen-bond donors (Lipinski definition) is 1. The smallest absolute Gasteiger partial charge is 0.226 e. The number of nitrogens with zero attached hydrogens (tertiary/aromatic N) is 3. The molecular formula is C17H23FN4. The minimum atomic E-state index is -0.160. The van der Waals surface area contributed by atoms with E-state index >= 15 is 0 Å². The highest BCUT2D eigenvalue weighted by molar-refractivity contribution is 5.40. The molecule has 1 heterocycles. The number of nitrogens with one attached hydrogen (secondary N) is 1. The van der Waals surface area contributed by atoms with Gasteiger partial charge < -0.3 is 10.2 Å². The predicted molar refractivity (Wildman–Crippen MR) is 88.8 cm³/mol. The second-order valence-electron chi connectivity index (χ2n) is 5.29. The summed E-state index contributed by atoms with van der Waals surface area (Å²) in [5.41, 5.74) is 0.712. The fraction of sp³-hybridized carbons (Fsp3) is 0.412. The normalized spacial score (nSPS) is 10.5. The molecule has 0 unspecified atom stereocenters. The summed E-state index contributed by atoms with van der Waals surface area (Å²) in [6.45, 7) is 3.74. The standard InChI is InChI=1S/C17H23FN4/c1-3-4-13-22(2)17-20-12-10-16(21-17)19-11-9-14-7-5-6-8-15(14)18/h5-8,10,12H,3-4,9,11,13H2,1-2H3,(H,19,20,21). The molecule has 22 heavy (non-hydrogen) atoms. The van der Waals surface area contributed by atoms with Crippen LogP contribution < -0.4 is 10.2 Å². The molecule has 0 saturated carbocycles. The van der Waals surface area contributed by atoms with Gasteiger partial charge in [0.25, 0.3) is 0 Å². The first-order valence-corrected chi connectivity index (χ1v) is 7.72. The molecule has 0 amide bonds. The lowest BCUT2D eigenvalue weighted by Gasteiger charge is -2.17. The Morgan fingerprint density at radius 1 is 1.23 bits per heavy atom. The maximum Gasteiger partial charge on any atom is 0.226 e. The molecule has 0 aliphatic rings.